The molecule has 0 unspecified atom stereocenters. The standard InChI is InChI=1S/C11H14N2O3/c1-8(14)11(2,12)7-9-3-5-10(6-4-9)13(15)16/h3-6H,7,12H2,1-2H3/t11-/m1/s1. The van der Waals surface area contributed by atoms with Crippen molar-refractivity contribution >= 4 is 11.5 Å². The highest BCUT2D eigenvalue weighted by Crippen LogP contribution is 2.16. The molecule has 0 radical (unpaired) electrons. The van der Waals surface area contributed by atoms with Crippen LogP contribution in [-0.4, -0.2) is 16.2 Å². The van der Waals surface area contributed by atoms with Crippen LogP contribution in [0.4, 0.5) is 5.69 Å². The van der Waals surface area contributed by atoms with Crippen molar-refractivity contribution in [2.75, 3.05) is 0 Å². The maximum atomic E-state index is 11.2. The summed E-state index contributed by atoms with van der Waals surface area (Å²) >= 11 is 0. The van der Waals surface area contributed by atoms with E-state index in [1.54, 1.807) is 19.1 Å². The first kappa shape index (κ1) is 12.3. The molecule has 1 atom stereocenters. The van der Waals surface area contributed by atoms with Crippen LogP contribution in [0, 0.1) is 10.1 Å². The van der Waals surface area contributed by atoms with Crippen molar-refractivity contribution in [3.63, 3.8) is 0 Å². The van der Waals surface area contributed by atoms with E-state index in [1.165, 1.54) is 19.1 Å². The second-order valence-corrected chi connectivity index (χ2v) is 4.07. The van der Waals surface area contributed by atoms with Crippen LogP contribution in [0.25, 0.3) is 0 Å². The first-order chi connectivity index (χ1) is 7.33. The van der Waals surface area contributed by atoms with Crippen LogP contribution in [0.1, 0.15) is 19.4 Å². The van der Waals surface area contributed by atoms with Crippen LogP contribution in [-0.2, 0) is 11.2 Å². The summed E-state index contributed by atoms with van der Waals surface area (Å²) in [5, 5.41) is 10.4. The van der Waals surface area contributed by atoms with E-state index in [4.69, 9.17) is 5.73 Å². The maximum Gasteiger partial charge on any atom is 0.269 e. The molecule has 1 aromatic carbocycles. The molecule has 2 N–H and O–H groups in total. The van der Waals surface area contributed by atoms with Crippen molar-refractivity contribution in [3.05, 3.63) is 39.9 Å². The minimum Gasteiger partial charge on any atom is -0.319 e. The van der Waals surface area contributed by atoms with Crippen LogP contribution < -0.4 is 5.73 Å². The molecule has 5 heteroatoms. The lowest BCUT2D eigenvalue weighted by Crippen LogP contribution is -2.45. The molecule has 5 nitrogen and oxygen atoms in total. The van der Waals surface area contributed by atoms with Gasteiger partial charge in [-0.3, -0.25) is 14.9 Å². The van der Waals surface area contributed by atoms with Crippen molar-refractivity contribution in [2.24, 2.45) is 5.73 Å². The molecule has 0 saturated carbocycles. The Morgan fingerprint density at radius 3 is 2.31 bits per heavy atom. The summed E-state index contributed by atoms with van der Waals surface area (Å²) in [7, 11) is 0. The lowest BCUT2D eigenvalue weighted by molar-refractivity contribution is -0.384. The van der Waals surface area contributed by atoms with E-state index in [9.17, 15) is 14.9 Å². The number of carbonyl (C=O) groups is 1. The number of carbonyl (C=O) groups excluding carboxylic acids is 1. The third-order valence-corrected chi connectivity index (χ3v) is 2.52. The number of non-ortho nitro benzene ring substituents is 1. The number of nitrogens with two attached hydrogens (primary N) is 1. The van der Waals surface area contributed by atoms with Crippen LogP contribution >= 0.6 is 0 Å². The SMILES string of the molecule is CC(=O)[C@](C)(N)Cc1ccc([N+](=O)[O-])cc1. The molecule has 16 heavy (non-hydrogen) atoms. The minimum absolute atomic E-state index is 0.0327. The van der Waals surface area contributed by atoms with E-state index >= 15 is 0 Å². The Hall–Kier alpha value is -1.75. The third kappa shape index (κ3) is 2.87. The zero-order chi connectivity index (χ0) is 12.3. The number of nitrogens with zero attached hydrogens (tertiary/aromatic N) is 1. The fourth-order valence-electron chi connectivity index (χ4n) is 1.28. The van der Waals surface area contributed by atoms with Gasteiger partial charge in [-0.25, -0.2) is 0 Å². The second kappa shape index (κ2) is 4.40. The van der Waals surface area contributed by atoms with Gasteiger partial charge in [0.25, 0.3) is 5.69 Å². The van der Waals surface area contributed by atoms with Crippen molar-refractivity contribution in [3.8, 4) is 0 Å². The molecule has 0 heterocycles. The van der Waals surface area contributed by atoms with Gasteiger partial charge in [0, 0.05) is 12.1 Å². The molecule has 0 fully saturated rings. The summed E-state index contributed by atoms with van der Waals surface area (Å²) in [6, 6.07) is 6.05. The largest absolute Gasteiger partial charge is 0.319 e. The van der Waals surface area contributed by atoms with Crippen molar-refractivity contribution in [1.82, 2.24) is 0 Å². The Morgan fingerprint density at radius 1 is 1.44 bits per heavy atom. The van der Waals surface area contributed by atoms with Gasteiger partial charge in [0.05, 0.1) is 10.5 Å². The van der Waals surface area contributed by atoms with E-state index < -0.39 is 10.5 Å². The fraction of sp³-hybridized carbons (Fsp3) is 0.364. The number of Topliss-reactive ketones (excluding diaryl/α,β-unsaturated/α-hetero) is 1. The van der Waals surface area contributed by atoms with Gasteiger partial charge < -0.3 is 5.73 Å². The summed E-state index contributed by atoms with van der Waals surface area (Å²) in [5.41, 5.74) is 5.73. The Morgan fingerprint density at radius 2 is 1.94 bits per heavy atom. The van der Waals surface area contributed by atoms with Crippen molar-refractivity contribution in [1.29, 1.82) is 0 Å². The third-order valence-electron chi connectivity index (χ3n) is 2.52. The predicted molar refractivity (Wildman–Crippen MR) is 60.1 cm³/mol. The summed E-state index contributed by atoms with van der Waals surface area (Å²) < 4.78 is 0. The molecule has 0 spiro atoms. The number of benzene rings is 1. The molecule has 0 bridgehead atoms. The van der Waals surface area contributed by atoms with Gasteiger partial charge in [-0.1, -0.05) is 12.1 Å². The van der Waals surface area contributed by atoms with E-state index in [-0.39, 0.29) is 11.5 Å². The lowest BCUT2D eigenvalue weighted by Gasteiger charge is -2.20. The van der Waals surface area contributed by atoms with Gasteiger partial charge in [0.2, 0.25) is 0 Å². The van der Waals surface area contributed by atoms with Gasteiger partial charge in [0.1, 0.15) is 5.78 Å². The summed E-state index contributed by atoms with van der Waals surface area (Å²) in [4.78, 5) is 21.2. The number of ketones is 1. The molecule has 0 aliphatic rings. The van der Waals surface area contributed by atoms with Gasteiger partial charge in [-0.05, 0) is 25.8 Å². The number of nitro benzene ring substituents is 1. The topological polar surface area (TPSA) is 86.2 Å². The first-order valence-electron chi connectivity index (χ1n) is 4.86. The van der Waals surface area contributed by atoms with Gasteiger partial charge in [-0.15, -0.1) is 0 Å². The van der Waals surface area contributed by atoms with Crippen LogP contribution in [0.2, 0.25) is 0 Å². The quantitative estimate of drug-likeness (QED) is 0.617. The highest BCUT2D eigenvalue weighted by Gasteiger charge is 2.24. The number of nitro groups is 1. The second-order valence-electron chi connectivity index (χ2n) is 4.07. The number of rotatable bonds is 4. The molecule has 0 amide bonds. The molecule has 0 aliphatic heterocycles. The normalized spacial score (nSPS) is 14.2. The van der Waals surface area contributed by atoms with Gasteiger partial charge in [0.15, 0.2) is 0 Å². The van der Waals surface area contributed by atoms with E-state index in [1.807, 2.05) is 0 Å². The maximum absolute atomic E-state index is 11.2. The average molecular weight is 222 g/mol. The van der Waals surface area contributed by atoms with Crippen LogP contribution in [0.15, 0.2) is 24.3 Å². The summed E-state index contributed by atoms with van der Waals surface area (Å²) in [6.45, 7) is 3.09. The van der Waals surface area contributed by atoms with Crippen LogP contribution in [0.5, 0.6) is 0 Å². The summed E-state index contributed by atoms with van der Waals surface area (Å²) in [5.74, 6) is -0.106. The molecule has 86 valence electrons. The van der Waals surface area contributed by atoms with Gasteiger partial charge in [-0.2, -0.15) is 0 Å². The molecule has 1 rings (SSSR count). The van der Waals surface area contributed by atoms with E-state index in [0.29, 0.717) is 6.42 Å². The molecular formula is C11H14N2O3. The minimum atomic E-state index is -0.921. The average Bonchev–Trinajstić information content (AvgIpc) is 2.17. The lowest BCUT2D eigenvalue weighted by atomic mass is 9.90. The number of hydrogen-bond acceptors (Lipinski definition) is 4. The zero-order valence-electron chi connectivity index (χ0n) is 9.27. The van der Waals surface area contributed by atoms with Crippen molar-refractivity contribution < 1.29 is 9.72 Å². The zero-order valence-corrected chi connectivity index (χ0v) is 9.27. The van der Waals surface area contributed by atoms with Crippen molar-refractivity contribution in [2.45, 2.75) is 25.8 Å². The Bertz CT molecular complexity index is 410. The number of hydrogen-bond donors (Lipinski definition) is 1. The molecule has 0 aromatic heterocycles. The Balaban J connectivity index is 2.84. The molecular weight excluding hydrogens is 208 g/mol. The smallest absolute Gasteiger partial charge is 0.269 e. The molecule has 0 saturated heterocycles. The first-order valence-corrected chi connectivity index (χ1v) is 4.86. The highest BCUT2D eigenvalue weighted by atomic mass is 16.6. The summed E-state index contributed by atoms with van der Waals surface area (Å²) in [6.07, 6.45) is 0.375. The Labute approximate surface area is 93.4 Å². The molecule has 1 aromatic rings. The van der Waals surface area contributed by atoms with Gasteiger partial charge >= 0.3 is 0 Å². The monoisotopic (exact) mass is 222 g/mol. The Kier molecular flexibility index (Phi) is 3.39. The van der Waals surface area contributed by atoms with E-state index in [2.05, 4.69) is 0 Å². The van der Waals surface area contributed by atoms with Crippen LogP contribution in [0.3, 0.4) is 0 Å². The predicted octanol–water partition coefficient (Wildman–Crippen LogP) is 1.44. The highest BCUT2D eigenvalue weighted by molar-refractivity contribution is 5.85. The van der Waals surface area contributed by atoms with E-state index in [0.717, 1.165) is 5.56 Å². The fourth-order valence-corrected chi connectivity index (χ4v) is 1.28. The molecule has 0 aliphatic carbocycles.